The van der Waals surface area contributed by atoms with E-state index in [1.165, 1.54) is 23.1 Å². The number of benzene rings is 2. The molecule has 0 bridgehead atoms. The summed E-state index contributed by atoms with van der Waals surface area (Å²) in [7, 11) is 0. The third-order valence-electron chi connectivity index (χ3n) is 6.45. The Morgan fingerprint density at radius 1 is 1.10 bits per heavy atom. The van der Waals surface area contributed by atoms with Crippen LogP contribution in [0.5, 0.6) is 0 Å². The summed E-state index contributed by atoms with van der Waals surface area (Å²) in [5.41, 5.74) is -1.29. The molecule has 2 aromatic carbocycles. The number of hydrogen-bond acceptors (Lipinski definition) is 3. The van der Waals surface area contributed by atoms with Crippen LogP contribution in [-0.2, 0) is 6.42 Å². The Balaban J connectivity index is 1.57. The molecule has 1 saturated carbocycles. The number of β-amino-alcohol motifs (C(OH)–C–C–N with tert-alkyl or cyclic N) is 1. The molecule has 8 heteroatoms. The maximum absolute atomic E-state index is 14.6. The molecule has 0 aromatic heterocycles. The van der Waals surface area contributed by atoms with Crippen LogP contribution in [0.2, 0.25) is 0 Å². The van der Waals surface area contributed by atoms with Gasteiger partial charge in [-0.1, -0.05) is 18.9 Å². The molecule has 1 aliphatic heterocycles. The summed E-state index contributed by atoms with van der Waals surface area (Å²) in [6.07, 6.45) is 2.24. The molecule has 166 valence electrons. The van der Waals surface area contributed by atoms with E-state index in [4.69, 9.17) is 0 Å². The minimum absolute atomic E-state index is 0.0177. The maximum Gasteiger partial charge on any atom is 0.254 e. The average molecular weight is 545 g/mol. The van der Waals surface area contributed by atoms with Crippen molar-refractivity contribution in [1.82, 2.24) is 4.90 Å². The highest BCUT2D eigenvalue weighted by Gasteiger charge is 2.52. The van der Waals surface area contributed by atoms with Gasteiger partial charge < -0.3 is 15.1 Å². The van der Waals surface area contributed by atoms with Crippen molar-refractivity contribution in [3.63, 3.8) is 0 Å². The van der Waals surface area contributed by atoms with Gasteiger partial charge in [-0.3, -0.25) is 4.79 Å². The van der Waals surface area contributed by atoms with Crippen LogP contribution < -0.4 is 0 Å². The Bertz CT molecular complexity index is 1010. The highest BCUT2D eigenvalue weighted by atomic mass is 127. The highest BCUT2D eigenvalue weighted by molar-refractivity contribution is 14.1. The molecule has 0 radical (unpaired) electrons. The SMILES string of the molecule is O=C(c1ccc(F)c(F)c1Cc1ccc(I)cc1F)N1CC(O)([C@@H]2CCCC[C@H]2O)C1. The Kier molecular flexibility index (Phi) is 6.33. The normalized spacial score (nSPS) is 22.8. The first-order valence-corrected chi connectivity index (χ1v) is 11.4. The summed E-state index contributed by atoms with van der Waals surface area (Å²) in [6, 6.07) is 6.52. The smallest absolute Gasteiger partial charge is 0.254 e. The Morgan fingerprint density at radius 2 is 1.81 bits per heavy atom. The number of hydrogen-bond donors (Lipinski definition) is 2. The molecule has 2 aromatic rings. The number of rotatable bonds is 4. The number of carbonyl (C=O) groups excluding carboxylic acids is 1. The van der Waals surface area contributed by atoms with Gasteiger partial charge in [0.2, 0.25) is 0 Å². The van der Waals surface area contributed by atoms with Crippen LogP contribution >= 0.6 is 22.6 Å². The third kappa shape index (κ3) is 4.34. The quantitative estimate of drug-likeness (QED) is 0.571. The monoisotopic (exact) mass is 545 g/mol. The molecule has 1 saturated heterocycles. The zero-order valence-electron chi connectivity index (χ0n) is 16.8. The minimum Gasteiger partial charge on any atom is -0.393 e. The summed E-state index contributed by atoms with van der Waals surface area (Å²) < 4.78 is 43.6. The van der Waals surface area contributed by atoms with E-state index in [9.17, 15) is 28.2 Å². The highest BCUT2D eigenvalue weighted by Crippen LogP contribution is 2.39. The molecular weight excluding hydrogens is 522 g/mol. The van der Waals surface area contributed by atoms with Crippen LogP contribution in [0.15, 0.2) is 30.3 Å². The molecule has 1 aliphatic carbocycles. The lowest BCUT2D eigenvalue weighted by atomic mass is 9.71. The predicted molar refractivity (Wildman–Crippen MR) is 117 cm³/mol. The fourth-order valence-electron chi connectivity index (χ4n) is 4.72. The molecule has 1 amide bonds. The molecule has 1 heterocycles. The fourth-order valence-corrected chi connectivity index (χ4v) is 5.18. The van der Waals surface area contributed by atoms with Gasteiger partial charge in [-0.2, -0.15) is 0 Å². The van der Waals surface area contributed by atoms with Crippen LogP contribution in [0.3, 0.4) is 0 Å². The van der Waals surface area contributed by atoms with Gasteiger partial charge >= 0.3 is 0 Å². The van der Waals surface area contributed by atoms with Crippen molar-refractivity contribution in [3.05, 3.63) is 68.0 Å². The van der Waals surface area contributed by atoms with Gasteiger partial charge in [-0.15, -0.1) is 0 Å². The molecular formula is C23H23F3INO3. The first-order chi connectivity index (χ1) is 14.7. The van der Waals surface area contributed by atoms with Gasteiger partial charge in [0.15, 0.2) is 11.6 Å². The van der Waals surface area contributed by atoms with Crippen LogP contribution in [0.4, 0.5) is 13.2 Å². The lowest BCUT2D eigenvalue weighted by molar-refractivity contribution is -0.156. The zero-order valence-corrected chi connectivity index (χ0v) is 18.9. The molecule has 4 nitrogen and oxygen atoms in total. The Labute approximate surface area is 192 Å². The van der Waals surface area contributed by atoms with Gasteiger partial charge in [0.1, 0.15) is 11.4 Å². The van der Waals surface area contributed by atoms with Crippen LogP contribution in [0.25, 0.3) is 0 Å². The van der Waals surface area contributed by atoms with E-state index in [0.29, 0.717) is 16.4 Å². The number of nitrogens with zero attached hydrogens (tertiary/aromatic N) is 1. The van der Waals surface area contributed by atoms with Crippen molar-refractivity contribution < 1.29 is 28.2 Å². The summed E-state index contributed by atoms with van der Waals surface area (Å²) in [6.45, 7) is 0.0355. The van der Waals surface area contributed by atoms with Gasteiger partial charge in [0.05, 0.1) is 19.2 Å². The second-order valence-corrected chi connectivity index (χ2v) is 9.77. The summed E-state index contributed by atoms with van der Waals surface area (Å²) in [5.74, 6) is -3.70. The second-order valence-electron chi connectivity index (χ2n) is 8.52. The molecule has 2 atom stereocenters. The molecule has 31 heavy (non-hydrogen) atoms. The molecule has 0 spiro atoms. The van der Waals surface area contributed by atoms with E-state index in [-0.39, 0.29) is 42.1 Å². The number of halogens is 4. The van der Waals surface area contributed by atoms with E-state index in [0.717, 1.165) is 18.9 Å². The van der Waals surface area contributed by atoms with Crippen LogP contribution in [-0.4, -0.2) is 45.8 Å². The van der Waals surface area contributed by atoms with E-state index >= 15 is 0 Å². The maximum atomic E-state index is 14.6. The number of amides is 1. The number of carbonyl (C=O) groups is 1. The summed E-state index contributed by atoms with van der Waals surface area (Å²) in [4.78, 5) is 14.4. The van der Waals surface area contributed by atoms with E-state index in [1.54, 1.807) is 6.07 Å². The average Bonchev–Trinajstić information content (AvgIpc) is 2.71. The molecule has 2 fully saturated rings. The topological polar surface area (TPSA) is 60.8 Å². The Hall–Kier alpha value is -1.65. The predicted octanol–water partition coefficient (Wildman–Crippen LogP) is 4.04. The Morgan fingerprint density at radius 3 is 2.48 bits per heavy atom. The fraction of sp³-hybridized carbons (Fsp3) is 0.435. The van der Waals surface area contributed by atoms with Crippen molar-refractivity contribution in [1.29, 1.82) is 0 Å². The van der Waals surface area contributed by atoms with E-state index < -0.39 is 35.1 Å². The lowest BCUT2D eigenvalue weighted by Crippen LogP contribution is -2.68. The molecule has 0 unspecified atom stereocenters. The van der Waals surface area contributed by atoms with Crippen LogP contribution in [0.1, 0.15) is 47.2 Å². The number of aliphatic hydroxyl groups is 2. The van der Waals surface area contributed by atoms with Gasteiger partial charge in [-0.05, 0) is 65.3 Å². The first kappa shape index (κ1) is 22.5. The van der Waals surface area contributed by atoms with Crippen molar-refractivity contribution in [3.8, 4) is 0 Å². The minimum atomic E-state index is -1.18. The number of aliphatic hydroxyl groups excluding tert-OH is 1. The van der Waals surface area contributed by atoms with Gasteiger partial charge in [0, 0.05) is 27.0 Å². The third-order valence-corrected chi connectivity index (χ3v) is 7.12. The van der Waals surface area contributed by atoms with E-state index in [1.807, 2.05) is 22.6 Å². The lowest BCUT2D eigenvalue weighted by Gasteiger charge is -2.52. The standard InChI is InChI=1S/C23H23F3INO3/c24-18-8-7-15(16(21(18)26)9-13-5-6-14(27)10-19(13)25)22(30)28-11-23(31,12-28)17-3-1-2-4-20(17)29/h5-8,10,17,20,29,31H,1-4,9,11-12H2/t17-,20-/m1/s1. The van der Waals surface area contributed by atoms with Crippen molar-refractivity contribution >= 4 is 28.5 Å². The second kappa shape index (κ2) is 8.71. The summed E-state index contributed by atoms with van der Waals surface area (Å²) in [5, 5.41) is 21.1. The first-order valence-electron chi connectivity index (χ1n) is 10.3. The van der Waals surface area contributed by atoms with E-state index in [2.05, 4.69) is 0 Å². The van der Waals surface area contributed by atoms with Gasteiger partial charge in [-0.25, -0.2) is 13.2 Å². The van der Waals surface area contributed by atoms with Gasteiger partial charge in [0.25, 0.3) is 5.91 Å². The zero-order chi connectivity index (χ0) is 22.3. The molecule has 2 aliphatic rings. The summed E-state index contributed by atoms with van der Waals surface area (Å²) >= 11 is 1.95. The molecule has 2 N–H and O–H groups in total. The number of likely N-dealkylation sites (tertiary alicyclic amines) is 1. The van der Waals surface area contributed by atoms with Crippen LogP contribution in [0, 0.1) is 26.9 Å². The van der Waals surface area contributed by atoms with Crippen molar-refractivity contribution in [2.24, 2.45) is 5.92 Å². The largest absolute Gasteiger partial charge is 0.393 e. The van der Waals surface area contributed by atoms with Crippen molar-refractivity contribution in [2.45, 2.75) is 43.8 Å². The van der Waals surface area contributed by atoms with Crippen molar-refractivity contribution in [2.75, 3.05) is 13.1 Å². The molecule has 4 rings (SSSR count).